The Morgan fingerprint density at radius 1 is 1.05 bits per heavy atom. The molecular weight excluding hydrogens is 306 g/mol. The Labute approximate surface area is 118 Å². The van der Waals surface area contributed by atoms with E-state index >= 15 is 0 Å². The lowest BCUT2D eigenvalue weighted by Gasteiger charge is -2.08. The van der Waals surface area contributed by atoms with Crippen molar-refractivity contribution in [2.75, 3.05) is 5.73 Å². The number of nitrogen functional groups attached to an aromatic ring is 1. The SMILES string of the molecule is Nc1cccc(Br)c1Oc1ncc2ccccc2n1. The van der Waals surface area contributed by atoms with Crippen LogP contribution in [0.25, 0.3) is 10.9 Å². The number of para-hydroxylation sites is 2. The molecule has 0 bridgehead atoms. The van der Waals surface area contributed by atoms with Crippen molar-refractivity contribution in [3.05, 3.63) is 53.1 Å². The van der Waals surface area contributed by atoms with Gasteiger partial charge < -0.3 is 10.5 Å². The summed E-state index contributed by atoms with van der Waals surface area (Å²) in [5.74, 6) is 0.526. The highest BCUT2D eigenvalue weighted by molar-refractivity contribution is 9.10. The summed E-state index contributed by atoms with van der Waals surface area (Å²) in [5, 5.41) is 0.968. The predicted octanol–water partition coefficient (Wildman–Crippen LogP) is 3.77. The number of hydrogen-bond donors (Lipinski definition) is 1. The minimum absolute atomic E-state index is 0.275. The molecule has 2 N–H and O–H groups in total. The van der Waals surface area contributed by atoms with E-state index in [-0.39, 0.29) is 6.01 Å². The molecule has 2 aromatic carbocycles. The van der Waals surface area contributed by atoms with Crippen LogP contribution in [0.2, 0.25) is 0 Å². The van der Waals surface area contributed by atoms with Gasteiger partial charge in [-0.3, -0.25) is 0 Å². The summed E-state index contributed by atoms with van der Waals surface area (Å²) < 4.78 is 6.42. The number of aromatic nitrogens is 2. The van der Waals surface area contributed by atoms with Gasteiger partial charge in [0.15, 0.2) is 5.75 Å². The van der Waals surface area contributed by atoms with Gasteiger partial charge in [-0.15, -0.1) is 0 Å². The van der Waals surface area contributed by atoms with Crippen molar-refractivity contribution >= 4 is 32.5 Å². The number of halogens is 1. The molecule has 0 saturated heterocycles. The number of nitrogens with zero attached hydrogens (tertiary/aromatic N) is 2. The normalized spacial score (nSPS) is 10.6. The van der Waals surface area contributed by atoms with Gasteiger partial charge in [-0.25, -0.2) is 4.98 Å². The molecule has 94 valence electrons. The molecule has 0 atom stereocenters. The van der Waals surface area contributed by atoms with E-state index in [2.05, 4.69) is 25.9 Å². The molecule has 0 spiro atoms. The topological polar surface area (TPSA) is 61.0 Å². The molecule has 4 nitrogen and oxygen atoms in total. The number of benzene rings is 2. The second kappa shape index (κ2) is 4.85. The minimum atomic E-state index is 0.275. The Morgan fingerprint density at radius 3 is 2.74 bits per heavy atom. The molecule has 0 amide bonds. The quantitative estimate of drug-likeness (QED) is 0.731. The maximum atomic E-state index is 5.87. The number of rotatable bonds is 2. The Balaban J connectivity index is 2.01. The third-order valence-corrected chi connectivity index (χ3v) is 3.28. The van der Waals surface area contributed by atoms with Crippen LogP contribution in [0.15, 0.2) is 53.1 Å². The number of ether oxygens (including phenoxy) is 1. The van der Waals surface area contributed by atoms with Crippen LogP contribution in [0.1, 0.15) is 0 Å². The summed E-state index contributed by atoms with van der Waals surface area (Å²) >= 11 is 3.39. The van der Waals surface area contributed by atoms with E-state index < -0.39 is 0 Å². The Morgan fingerprint density at radius 2 is 1.89 bits per heavy atom. The summed E-state index contributed by atoms with van der Waals surface area (Å²) in [6.07, 6.45) is 1.73. The fraction of sp³-hybridized carbons (Fsp3) is 0. The van der Waals surface area contributed by atoms with Crippen LogP contribution in [0, 0.1) is 0 Å². The molecule has 0 aliphatic carbocycles. The fourth-order valence-electron chi connectivity index (χ4n) is 1.73. The lowest BCUT2D eigenvalue weighted by Crippen LogP contribution is -1.96. The molecule has 3 rings (SSSR count). The lowest BCUT2D eigenvalue weighted by atomic mass is 10.2. The van der Waals surface area contributed by atoms with E-state index in [0.717, 1.165) is 15.4 Å². The van der Waals surface area contributed by atoms with Gasteiger partial charge >= 0.3 is 6.01 Å². The third-order valence-electron chi connectivity index (χ3n) is 2.66. The largest absolute Gasteiger partial charge is 0.421 e. The number of hydrogen-bond acceptors (Lipinski definition) is 4. The molecule has 0 aliphatic heterocycles. The molecule has 1 aromatic heterocycles. The van der Waals surface area contributed by atoms with Crippen LogP contribution in [-0.2, 0) is 0 Å². The molecule has 0 radical (unpaired) electrons. The van der Waals surface area contributed by atoms with E-state index in [4.69, 9.17) is 10.5 Å². The monoisotopic (exact) mass is 315 g/mol. The molecule has 0 fully saturated rings. The average Bonchev–Trinajstić information content (AvgIpc) is 2.43. The van der Waals surface area contributed by atoms with Crippen LogP contribution in [-0.4, -0.2) is 9.97 Å². The summed E-state index contributed by atoms with van der Waals surface area (Å²) in [7, 11) is 0. The first kappa shape index (κ1) is 11.9. The Hall–Kier alpha value is -2.14. The molecule has 0 unspecified atom stereocenters. The molecule has 19 heavy (non-hydrogen) atoms. The summed E-state index contributed by atoms with van der Waals surface area (Å²) in [5.41, 5.74) is 7.24. The van der Waals surface area contributed by atoms with E-state index in [1.807, 2.05) is 36.4 Å². The van der Waals surface area contributed by atoms with Gasteiger partial charge in [-0.2, -0.15) is 4.98 Å². The predicted molar refractivity (Wildman–Crippen MR) is 78.2 cm³/mol. The van der Waals surface area contributed by atoms with Gasteiger partial charge in [0, 0.05) is 11.6 Å². The zero-order chi connectivity index (χ0) is 13.2. The van der Waals surface area contributed by atoms with Gasteiger partial charge in [-0.05, 0) is 34.1 Å². The smallest absolute Gasteiger partial charge is 0.322 e. The van der Waals surface area contributed by atoms with Crippen molar-refractivity contribution in [1.29, 1.82) is 0 Å². The zero-order valence-corrected chi connectivity index (χ0v) is 11.5. The average molecular weight is 316 g/mol. The molecule has 1 heterocycles. The first-order valence-electron chi connectivity index (χ1n) is 5.67. The highest BCUT2D eigenvalue weighted by Gasteiger charge is 2.09. The highest BCUT2D eigenvalue weighted by Crippen LogP contribution is 2.33. The van der Waals surface area contributed by atoms with E-state index in [1.54, 1.807) is 12.3 Å². The summed E-state index contributed by atoms with van der Waals surface area (Å²) in [4.78, 5) is 8.52. The van der Waals surface area contributed by atoms with Gasteiger partial charge in [0.05, 0.1) is 15.7 Å². The van der Waals surface area contributed by atoms with Crippen molar-refractivity contribution in [3.63, 3.8) is 0 Å². The number of fused-ring (bicyclic) bond motifs is 1. The van der Waals surface area contributed by atoms with E-state index in [1.165, 1.54) is 0 Å². The van der Waals surface area contributed by atoms with E-state index in [0.29, 0.717) is 11.4 Å². The summed E-state index contributed by atoms with van der Waals surface area (Å²) in [6.45, 7) is 0. The highest BCUT2D eigenvalue weighted by atomic mass is 79.9. The van der Waals surface area contributed by atoms with Crippen molar-refractivity contribution in [1.82, 2.24) is 9.97 Å². The van der Waals surface area contributed by atoms with Crippen molar-refractivity contribution in [3.8, 4) is 11.8 Å². The van der Waals surface area contributed by atoms with Crippen molar-refractivity contribution < 1.29 is 4.74 Å². The first-order chi connectivity index (χ1) is 9.24. The van der Waals surface area contributed by atoms with Gasteiger partial charge in [-0.1, -0.05) is 24.3 Å². The molecular formula is C14H10BrN3O. The molecule has 5 heteroatoms. The van der Waals surface area contributed by atoms with Crippen molar-refractivity contribution in [2.45, 2.75) is 0 Å². The van der Waals surface area contributed by atoms with E-state index in [9.17, 15) is 0 Å². The zero-order valence-electron chi connectivity index (χ0n) is 9.88. The van der Waals surface area contributed by atoms with Crippen LogP contribution in [0.3, 0.4) is 0 Å². The van der Waals surface area contributed by atoms with Gasteiger partial charge in [0.25, 0.3) is 0 Å². The van der Waals surface area contributed by atoms with Gasteiger partial charge in [0.1, 0.15) is 0 Å². The molecule has 0 aliphatic rings. The maximum absolute atomic E-state index is 5.87. The second-order valence-corrected chi connectivity index (χ2v) is 4.83. The number of nitrogens with two attached hydrogens (primary N) is 1. The standard InChI is InChI=1S/C14H10BrN3O/c15-10-5-3-6-11(16)13(10)19-14-17-8-9-4-1-2-7-12(9)18-14/h1-8H,16H2. The second-order valence-electron chi connectivity index (χ2n) is 3.97. The minimum Gasteiger partial charge on any atom is -0.421 e. The fourth-order valence-corrected chi connectivity index (χ4v) is 2.19. The molecule has 3 aromatic rings. The van der Waals surface area contributed by atoms with Gasteiger partial charge in [0.2, 0.25) is 0 Å². The first-order valence-corrected chi connectivity index (χ1v) is 6.47. The van der Waals surface area contributed by atoms with Crippen LogP contribution in [0.4, 0.5) is 5.69 Å². The number of anilines is 1. The Bertz CT molecular complexity index is 725. The van der Waals surface area contributed by atoms with Crippen molar-refractivity contribution in [2.24, 2.45) is 0 Å². The Kier molecular flexibility index (Phi) is 3.05. The van der Waals surface area contributed by atoms with Crippen LogP contribution < -0.4 is 10.5 Å². The summed E-state index contributed by atoms with van der Waals surface area (Å²) in [6, 6.07) is 13.5. The lowest BCUT2D eigenvalue weighted by molar-refractivity contribution is 0.444. The molecule has 0 saturated carbocycles. The van der Waals surface area contributed by atoms with Crippen LogP contribution in [0.5, 0.6) is 11.8 Å². The third kappa shape index (κ3) is 2.37. The maximum Gasteiger partial charge on any atom is 0.322 e. The van der Waals surface area contributed by atoms with Crippen LogP contribution >= 0.6 is 15.9 Å².